The van der Waals surface area contributed by atoms with Crippen LogP contribution in [0.15, 0.2) is 41.3 Å². The summed E-state index contributed by atoms with van der Waals surface area (Å²) in [6, 6.07) is 9.93. The minimum atomic E-state index is -3.68. The van der Waals surface area contributed by atoms with E-state index in [-0.39, 0.29) is 29.7 Å². The molecular weight excluding hydrogens is 458 g/mol. The number of benzene rings is 2. The second kappa shape index (κ2) is 10.4. The lowest BCUT2D eigenvalue weighted by atomic mass is 10.1. The van der Waals surface area contributed by atoms with Crippen molar-refractivity contribution in [3.05, 3.63) is 42.0 Å². The van der Waals surface area contributed by atoms with Crippen LogP contribution in [0, 0.1) is 12.8 Å². The van der Waals surface area contributed by atoms with E-state index in [9.17, 15) is 18.0 Å². The lowest BCUT2D eigenvalue weighted by Crippen LogP contribution is -2.31. The molecule has 1 N–H and O–H groups in total. The molecule has 34 heavy (non-hydrogen) atoms. The van der Waals surface area contributed by atoms with Crippen molar-refractivity contribution in [3.63, 3.8) is 0 Å². The van der Waals surface area contributed by atoms with E-state index in [2.05, 4.69) is 5.32 Å². The Labute approximate surface area is 200 Å². The number of carbonyl (C=O) groups is 2. The Morgan fingerprint density at radius 1 is 1.12 bits per heavy atom. The molecule has 1 unspecified atom stereocenters. The zero-order valence-electron chi connectivity index (χ0n) is 20.1. The predicted molar refractivity (Wildman–Crippen MR) is 130 cm³/mol. The van der Waals surface area contributed by atoms with Crippen LogP contribution in [0.25, 0.3) is 0 Å². The van der Waals surface area contributed by atoms with Gasteiger partial charge >= 0.3 is 0 Å². The Hall–Kier alpha value is -3.11. The summed E-state index contributed by atoms with van der Waals surface area (Å²) in [7, 11) is -0.640. The van der Waals surface area contributed by atoms with Gasteiger partial charge in [-0.05, 0) is 36.8 Å². The van der Waals surface area contributed by atoms with Gasteiger partial charge in [0.15, 0.2) is 0 Å². The second-order valence-electron chi connectivity index (χ2n) is 8.00. The third-order valence-corrected chi connectivity index (χ3v) is 8.14. The largest absolute Gasteiger partial charge is 0.497 e. The smallest absolute Gasteiger partial charge is 0.243 e. The highest BCUT2D eigenvalue weighted by Gasteiger charge is 2.36. The minimum absolute atomic E-state index is 0.0304. The number of ether oxygens (including phenoxy) is 2. The fourth-order valence-corrected chi connectivity index (χ4v) is 5.74. The Balaban J connectivity index is 1.81. The van der Waals surface area contributed by atoms with E-state index >= 15 is 0 Å². The van der Waals surface area contributed by atoms with Gasteiger partial charge in [-0.15, -0.1) is 0 Å². The Morgan fingerprint density at radius 3 is 2.44 bits per heavy atom. The molecule has 0 bridgehead atoms. The van der Waals surface area contributed by atoms with Crippen LogP contribution in [-0.2, 0) is 19.6 Å². The van der Waals surface area contributed by atoms with Gasteiger partial charge in [-0.2, -0.15) is 4.31 Å². The lowest BCUT2D eigenvalue weighted by molar-refractivity contribution is -0.122. The predicted octanol–water partition coefficient (Wildman–Crippen LogP) is 3.03. The summed E-state index contributed by atoms with van der Waals surface area (Å²) in [5.41, 5.74) is 1.49. The molecule has 10 heteroatoms. The van der Waals surface area contributed by atoms with E-state index < -0.39 is 15.9 Å². The summed E-state index contributed by atoms with van der Waals surface area (Å²) in [6.45, 7) is 6.15. The van der Waals surface area contributed by atoms with E-state index in [1.165, 1.54) is 29.5 Å². The molecular formula is C24H31N3O6S. The summed E-state index contributed by atoms with van der Waals surface area (Å²) in [5.74, 6) is -0.0983. The van der Waals surface area contributed by atoms with Crippen molar-refractivity contribution in [1.29, 1.82) is 0 Å². The number of aryl methyl sites for hydroxylation is 1. The third-order valence-electron chi connectivity index (χ3n) is 5.95. The highest BCUT2D eigenvalue weighted by molar-refractivity contribution is 7.89. The molecule has 0 aromatic heterocycles. The van der Waals surface area contributed by atoms with Gasteiger partial charge in [0.1, 0.15) is 11.5 Å². The average Bonchev–Trinajstić information content (AvgIpc) is 3.21. The maximum absolute atomic E-state index is 13.0. The van der Waals surface area contributed by atoms with Gasteiger partial charge in [0.2, 0.25) is 21.8 Å². The van der Waals surface area contributed by atoms with Crippen LogP contribution in [0.5, 0.6) is 11.5 Å². The van der Waals surface area contributed by atoms with Crippen LogP contribution in [-0.4, -0.2) is 58.4 Å². The van der Waals surface area contributed by atoms with Crippen LogP contribution >= 0.6 is 0 Å². The Morgan fingerprint density at radius 2 is 1.82 bits per heavy atom. The van der Waals surface area contributed by atoms with E-state index in [1.54, 1.807) is 51.1 Å². The Kier molecular flexibility index (Phi) is 7.83. The zero-order valence-corrected chi connectivity index (χ0v) is 20.9. The molecule has 0 saturated carbocycles. The maximum Gasteiger partial charge on any atom is 0.243 e. The quantitative estimate of drug-likeness (QED) is 0.581. The molecule has 1 aliphatic heterocycles. The standard InChI is InChI=1S/C24H31N3O6S/c1-6-26(7-2)34(30,31)22-13-18(9-8-16(22)3)25-24(29)17-12-23(28)27(15-17)20-14-19(32-4)10-11-21(20)33-5/h8-11,13-14,17H,6-7,12,15H2,1-5H3,(H,25,29). The van der Waals surface area contributed by atoms with Gasteiger partial charge in [0.05, 0.1) is 30.7 Å². The zero-order chi connectivity index (χ0) is 25.0. The van der Waals surface area contributed by atoms with Crippen molar-refractivity contribution in [2.45, 2.75) is 32.1 Å². The molecule has 1 fully saturated rings. The SMILES string of the molecule is CCN(CC)S(=O)(=O)c1cc(NC(=O)C2CC(=O)N(c3cc(OC)ccc3OC)C2)ccc1C. The van der Waals surface area contributed by atoms with E-state index in [4.69, 9.17) is 9.47 Å². The molecule has 0 aliphatic carbocycles. The lowest BCUT2D eigenvalue weighted by Gasteiger charge is -2.21. The number of amides is 2. The molecule has 184 valence electrons. The van der Waals surface area contributed by atoms with Crippen LogP contribution in [0.1, 0.15) is 25.8 Å². The van der Waals surface area contributed by atoms with Gasteiger partial charge in [-0.3, -0.25) is 9.59 Å². The first-order chi connectivity index (χ1) is 16.2. The topological polar surface area (TPSA) is 105 Å². The molecule has 1 atom stereocenters. The fraction of sp³-hybridized carbons (Fsp3) is 0.417. The molecule has 0 radical (unpaired) electrons. The minimum Gasteiger partial charge on any atom is -0.497 e. The highest BCUT2D eigenvalue weighted by atomic mass is 32.2. The first-order valence-corrected chi connectivity index (χ1v) is 12.5. The summed E-state index contributed by atoms with van der Waals surface area (Å²) >= 11 is 0. The summed E-state index contributed by atoms with van der Waals surface area (Å²) in [5, 5.41) is 2.79. The first kappa shape index (κ1) is 25.5. The number of carbonyl (C=O) groups excluding carboxylic acids is 2. The normalized spacial score (nSPS) is 16.1. The maximum atomic E-state index is 13.0. The number of sulfonamides is 1. The molecule has 0 spiro atoms. The molecule has 2 aromatic rings. The van der Waals surface area contributed by atoms with Gasteiger partial charge in [-0.1, -0.05) is 19.9 Å². The monoisotopic (exact) mass is 489 g/mol. The second-order valence-corrected chi connectivity index (χ2v) is 9.91. The van der Waals surface area contributed by atoms with Gasteiger partial charge in [0, 0.05) is 37.8 Å². The van der Waals surface area contributed by atoms with Crippen LogP contribution < -0.4 is 19.7 Å². The summed E-state index contributed by atoms with van der Waals surface area (Å²) in [4.78, 5) is 27.4. The van der Waals surface area contributed by atoms with Crippen LogP contribution in [0.3, 0.4) is 0 Å². The fourth-order valence-electron chi connectivity index (χ4n) is 4.03. The number of rotatable bonds is 9. The molecule has 2 aromatic carbocycles. The van der Waals surface area contributed by atoms with Crippen molar-refractivity contribution in [2.24, 2.45) is 5.92 Å². The number of nitrogens with one attached hydrogen (secondary N) is 1. The molecule has 2 amide bonds. The summed E-state index contributed by atoms with van der Waals surface area (Å²) in [6.07, 6.45) is 0.0304. The van der Waals surface area contributed by atoms with E-state index in [0.29, 0.717) is 41.5 Å². The Bertz CT molecular complexity index is 1180. The molecule has 1 heterocycles. The number of anilines is 2. The number of methoxy groups -OCH3 is 2. The molecule has 9 nitrogen and oxygen atoms in total. The van der Waals surface area contributed by atoms with Gasteiger partial charge in [-0.25, -0.2) is 8.42 Å². The van der Waals surface area contributed by atoms with Crippen molar-refractivity contribution in [2.75, 3.05) is 44.1 Å². The van der Waals surface area contributed by atoms with Crippen molar-refractivity contribution >= 4 is 33.2 Å². The molecule has 1 aliphatic rings. The third kappa shape index (κ3) is 5.02. The van der Waals surface area contributed by atoms with Crippen LogP contribution in [0.4, 0.5) is 11.4 Å². The average molecular weight is 490 g/mol. The highest BCUT2D eigenvalue weighted by Crippen LogP contribution is 2.36. The van der Waals surface area contributed by atoms with Crippen LogP contribution in [0.2, 0.25) is 0 Å². The van der Waals surface area contributed by atoms with Gasteiger partial charge < -0.3 is 19.7 Å². The number of hydrogen-bond donors (Lipinski definition) is 1. The number of nitrogens with zero attached hydrogens (tertiary/aromatic N) is 2. The molecule has 1 saturated heterocycles. The number of hydrogen-bond acceptors (Lipinski definition) is 6. The summed E-state index contributed by atoms with van der Waals surface area (Å²) < 4.78 is 38.0. The van der Waals surface area contributed by atoms with Crippen molar-refractivity contribution < 1.29 is 27.5 Å². The molecule has 3 rings (SSSR count). The van der Waals surface area contributed by atoms with Crippen molar-refractivity contribution in [1.82, 2.24) is 4.31 Å². The van der Waals surface area contributed by atoms with Crippen molar-refractivity contribution in [3.8, 4) is 11.5 Å². The first-order valence-electron chi connectivity index (χ1n) is 11.1. The van der Waals surface area contributed by atoms with E-state index in [1.807, 2.05) is 0 Å². The van der Waals surface area contributed by atoms with E-state index in [0.717, 1.165) is 0 Å². The van der Waals surface area contributed by atoms with Gasteiger partial charge in [0.25, 0.3) is 0 Å².